The second-order valence-corrected chi connectivity index (χ2v) is 6.42. The van der Waals surface area contributed by atoms with E-state index in [1.54, 1.807) is 11.0 Å². The normalized spacial score (nSPS) is 18.8. The monoisotopic (exact) mass is 364 g/mol. The highest BCUT2D eigenvalue weighted by atomic mass is 16.6. The van der Waals surface area contributed by atoms with Gasteiger partial charge in [-0.3, -0.25) is 19.8 Å². The Morgan fingerprint density at radius 3 is 2.46 bits per heavy atom. The van der Waals surface area contributed by atoms with Crippen molar-refractivity contribution in [3.63, 3.8) is 0 Å². The fourth-order valence-corrected chi connectivity index (χ4v) is 3.38. The number of β-amino-alcohol motifs (C(OH)–C–C–N with tert-alkyl or cyclic N) is 1. The molecular weight excluding hydrogens is 340 g/mol. The van der Waals surface area contributed by atoms with Gasteiger partial charge in [0, 0.05) is 57.9 Å². The minimum atomic E-state index is -0.473. The molecule has 142 valence electrons. The van der Waals surface area contributed by atoms with Gasteiger partial charge in [0.05, 0.1) is 36.0 Å². The van der Waals surface area contributed by atoms with E-state index in [9.17, 15) is 14.9 Å². The Balaban J connectivity index is 1.84. The number of anilines is 1. The highest BCUT2D eigenvalue weighted by Crippen LogP contribution is 2.28. The largest absolute Gasteiger partial charge is 0.395 e. The predicted molar refractivity (Wildman–Crippen MR) is 95.6 cm³/mol. The second-order valence-electron chi connectivity index (χ2n) is 6.42. The molecule has 9 nitrogen and oxygen atoms in total. The first kappa shape index (κ1) is 18.6. The van der Waals surface area contributed by atoms with E-state index >= 15 is 0 Å². The van der Waals surface area contributed by atoms with E-state index in [0.717, 1.165) is 18.8 Å². The van der Waals surface area contributed by atoms with Crippen molar-refractivity contribution < 1.29 is 19.6 Å². The summed E-state index contributed by atoms with van der Waals surface area (Å²) in [6, 6.07) is 4.51. The number of amides is 1. The quantitative estimate of drug-likeness (QED) is 0.588. The van der Waals surface area contributed by atoms with Crippen LogP contribution >= 0.6 is 0 Å². The number of morpholine rings is 1. The van der Waals surface area contributed by atoms with Gasteiger partial charge in [-0.1, -0.05) is 0 Å². The molecule has 0 aromatic heterocycles. The first-order valence-electron chi connectivity index (χ1n) is 8.84. The average molecular weight is 364 g/mol. The van der Waals surface area contributed by atoms with Crippen molar-refractivity contribution in [2.24, 2.45) is 0 Å². The van der Waals surface area contributed by atoms with Crippen molar-refractivity contribution >= 4 is 17.3 Å². The Kier molecular flexibility index (Phi) is 6.02. The van der Waals surface area contributed by atoms with Crippen LogP contribution < -0.4 is 4.90 Å². The van der Waals surface area contributed by atoms with Gasteiger partial charge < -0.3 is 19.6 Å². The molecule has 0 bridgehead atoms. The molecule has 1 aromatic carbocycles. The van der Waals surface area contributed by atoms with Crippen LogP contribution in [0.2, 0.25) is 0 Å². The predicted octanol–water partition coefficient (Wildman–Crippen LogP) is 0.182. The molecule has 2 fully saturated rings. The maximum Gasteiger partial charge on any atom is 0.270 e. The van der Waals surface area contributed by atoms with Gasteiger partial charge in [-0.25, -0.2) is 0 Å². The van der Waals surface area contributed by atoms with Crippen LogP contribution in [0.25, 0.3) is 0 Å². The summed E-state index contributed by atoms with van der Waals surface area (Å²) in [5.74, 6) is -0.190. The summed E-state index contributed by atoms with van der Waals surface area (Å²) in [6.07, 6.45) is 0. The minimum Gasteiger partial charge on any atom is -0.395 e. The highest BCUT2D eigenvalue weighted by molar-refractivity contribution is 6.00. The molecule has 0 saturated carbocycles. The highest BCUT2D eigenvalue weighted by Gasteiger charge is 2.27. The molecule has 26 heavy (non-hydrogen) atoms. The fraction of sp³-hybridized carbons (Fsp3) is 0.588. The number of nitro benzene ring substituents is 1. The smallest absolute Gasteiger partial charge is 0.270 e. The number of rotatable bonds is 5. The summed E-state index contributed by atoms with van der Waals surface area (Å²) in [5, 5.41) is 20.2. The van der Waals surface area contributed by atoms with E-state index in [2.05, 4.69) is 9.80 Å². The molecule has 2 saturated heterocycles. The summed E-state index contributed by atoms with van der Waals surface area (Å²) in [7, 11) is 0. The van der Waals surface area contributed by atoms with Crippen molar-refractivity contribution in [2.45, 2.75) is 0 Å². The lowest BCUT2D eigenvalue weighted by Crippen LogP contribution is -2.48. The fourth-order valence-electron chi connectivity index (χ4n) is 3.38. The summed E-state index contributed by atoms with van der Waals surface area (Å²) in [6.45, 7) is 5.68. The topological polar surface area (TPSA) is 99.4 Å². The third kappa shape index (κ3) is 4.12. The van der Waals surface area contributed by atoms with Gasteiger partial charge in [-0.05, 0) is 6.07 Å². The Morgan fingerprint density at radius 1 is 1.15 bits per heavy atom. The van der Waals surface area contributed by atoms with Crippen molar-refractivity contribution in [2.75, 3.05) is 70.5 Å². The molecule has 2 heterocycles. The van der Waals surface area contributed by atoms with Gasteiger partial charge >= 0.3 is 0 Å². The maximum atomic E-state index is 13.0. The number of piperazine rings is 1. The molecule has 1 amide bonds. The lowest BCUT2D eigenvalue weighted by atomic mass is 10.1. The van der Waals surface area contributed by atoms with Crippen LogP contribution in [0.5, 0.6) is 0 Å². The number of aliphatic hydroxyl groups is 1. The Labute approximate surface area is 151 Å². The number of carbonyl (C=O) groups is 1. The van der Waals surface area contributed by atoms with Gasteiger partial charge in [0.25, 0.3) is 11.6 Å². The number of hydrogen-bond donors (Lipinski definition) is 1. The molecule has 0 radical (unpaired) electrons. The Morgan fingerprint density at radius 2 is 1.85 bits per heavy atom. The summed E-state index contributed by atoms with van der Waals surface area (Å²) in [5.41, 5.74) is 1.02. The lowest BCUT2D eigenvalue weighted by molar-refractivity contribution is -0.384. The van der Waals surface area contributed by atoms with Crippen LogP contribution in [0.4, 0.5) is 11.4 Å². The lowest BCUT2D eigenvalue weighted by Gasteiger charge is -2.37. The Bertz CT molecular complexity index is 655. The van der Waals surface area contributed by atoms with Crippen LogP contribution in [0.15, 0.2) is 18.2 Å². The van der Waals surface area contributed by atoms with Crippen molar-refractivity contribution in [3.05, 3.63) is 33.9 Å². The second kappa shape index (κ2) is 8.43. The average Bonchev–Trinajstić information content (AvgIpc) is 2.68. The van der Waals surface area contributed by atoms with Crippen molar-refractivity contribution in [3.8, 4) is 0 Å². The summed E-state index contributed by atoms with van der Waals surface area (Å²) < 4.78 is 5.29. The number of carbonyl (C=O) groups excluding carboxylic acids is 1. The van der Waals surface area contributed by atoms with Gasteiger partial charge in [0.2, 0.25) is 0 Å². The van der Waals surface area contributed by atoms with E-state index in [0.29, 0.717) is 51.5 Å². The zero-order valence-electron chi connectivity index (χ0n) is 14.7. The van der Waals surface area contributed by atoms with Gasteiger partial charge in [-0.15, -0.1) is 0 Å². The zero-order chi connectivity index (χ0) is 18.5. The maximum absolute atomic E-state index is 13.0. The van der Waals surface area contributed by atoms with E-state index in [-0.39, 0.29) is 18.2 Å². The summed E-state index contributed by atoms with van der Waals surface area (Å²) in [4.78, 5) is 29.6. The standard InChI is InChI=1S/C17H24N4O5/c22-10-7-18-3-5-19(6-4-18)16-2-1-14(21(24)25)13-15(16)17(23)20-8-11-26-12-9-20/h1-2,13,22H,3-12H2. The number of nitrogens with zero attached hydrogens (tertiary/aromatic N) is 4. The van der Waals surface area contributed by atoms with Crippen LogP contribution in [-0.2, 0) is 4.74 Å². The van der Waals surface area contributed by atoms with Crippen molar-refractivity contribution in [1.29, 1.82) is 0 Å². The molecule has 3 rings (SSSR count). The molecule has 2 aliphatic rings. The van der Waals surface area contributed by atoms with Crippen molar-refractivity contribution in [1.82, 2.24) is 9.80 Å². The molecular formula is C17H24N4O5. The zero-order valence-corrected chi connectivity index (χ0v) is 14.7. The van der Waals surface area contributed by atoms with Gasteiger partial charge in [-0.2, -0.15) is 0 Å². The number of non-ortho nitro benzene ring substituents is 1. The van der Waals surface area contributed by atoms with Crippen LogP contribution in [0.3, 0.4) is 0 Å². The first-order chi connectivity index (χ1) is 12.6. The molecule has 0 unspecified atom stereocenters. The van der Waals surface area contributed by atoms with E-state index in [4.69, 9.17) is 9.84 Å². The molecule has 1 N–H and O–H groups in total. The molecule has 9 heteroatoms. The molecule has 0 atom stereocenters. The minimum absolute atomic E-state index is 0.0794. The number of aliphatic hydroxyl groups excluding tert-OH is 1. The third-order valence-electron chi connectivity index (χ3n) is 4.85. The van der Waals surface area contributed by atoms with Crippen LogP contribution in [0, 0.1) is 10.1 Å². The number of nitro groups is 1. The van der Waals surface area contributed by atoms with E-state index in [1.807, 2.05) is 0 Å². The number of ether oxygens (including phenoxy) is 1. The first-order valence-corrected chi connectivity index (χ1v) is 8.84. The van der Waals surface area contributed by atoms with E-state index < -0.39 is 4.92 Å². The third-order valence-corrected chi connectivity index (χ3v) is 4.85. The molecule has 1 aromatic rings. The summed E-state index contributed by atoms with van der Waals surface area (Å²) >= 11 is 0. The number of benzene rings is 1. The number of hydrogen-bond acceptors (Lipinski definition) is 7. The molecule has 0 spiro atoms. The molecule has 0 aliphatic carbocycles. The van der Waals surface area contributed by atoms with Gasteiger partial charge in [0.15, 0.2) is 0 Å². The van der Waals surface area contributed by atoms with E-state index in [1.165, 1.54) is 12.1 Å². The Hall–Kier alpha value is -2.23. The van der Waals surface area contributed by atoms with Gasteiger partial charge in [0.1, 0.15) is 0 Å². The van der Waals surface area contributed by atoms with Crippen LogP contribution in [-0.4, -0.2) is 91.4 Å². The SMILES string of the molecule is O=C(c1cc([N+](=O)[O-])ccc1N1CCN(CCO)CC1)N1CCOCC1. The van der Waals surface area contributed by atoms with Crippen LogP contribution in [0.1, 0.15) is 10.4 Å². The molecule has 2 aliphatic heterocycles.